The zero-order chi connectivity index (χ0) is 9.68. The molecule has 2 N–H and O–H groups in total. The first-order chi connectivity index (χ1) is 6.22. The van der Waals surface area contributed by atoms with Crippen LogP contribution in [0.15, 0.2) is 18.3 Å². The highest BCUT2D eigenvalue weighted by Gasteiger charge is 1.96. The van der Waals surface area contributed by atoms with Gasteiger partial charge in [0, 0.05) is 19.8 Å². The van der Waals surface area contributed by atoms with Gasteiger partial charge in [0.1, 0.15) is 5.82 Å². The van der Waals surface area contributed by atoms with Crippen LogP contribution in [0.5, 0.6) is 0 Å². The maximum Gasteiger partial charge on any atom is 0.209 e. The molecule has 0 unspecified atom stereocenters. The largest absolute Gasteiger partial charge is 0.384 e. The Balaban J connectivity index is 2.49. The molecule has 0 aliphatic carbocycles. The molecular weight excluding hydrogens is 166 g/mol. The Kier molecular flexibility index (Phi) is 3.25. The van der Waals surface area contributed by atoms with E-state index in [-0.39, 0.29) is 0 Å². The Morgan fingerprint density at radius 2 is 2.46 bits per heavy atom. The van der Waals surface area contributed by atoms with Gasteiger partial charge in [0.05, 0.1) is 0 Å². The molecule has 0 atom stereocenters. The van der Waals surface area contributed by atoms with E-state index in [4.69, 9.17) is 5.73 Å². The highest BCUT2D eigenvalue weighted by molar-refractivity contribution is 5.46. The van der Waals surface area contributed by atoms with Crippen LogP contribution in [0.25, 0.3) is 0 Å². The smallest absolute Gasteiger partial charge is 0.209 e. The fraction of sp³-hybridized carbons (Fsp3) is 0.333. The molecule has 0 fully saturated rings. The van der Waals surface area contributed by atoms with Crippen molar-refractivity contribution in [2.24, 2.45) is 0 Å². The van der Waals surface area contributed by atoms with Crippen molar-refractivity contribution >= 4 is 12.2 Å². The number of rotatable bonds is 4. The number of aromatic nitrogens is 1. The van der Waals surface area contributed by atoms with Crippen molar-refractivity contribution in [2.75, 3.05) is 19.3 Å². The van der Waals surface area contributed by atoms with Gasteiger partial charge in [-0.15, -0.1) is 0 Å². The molecule has 0 aliphatic heterocycles. The summed E-state index contributed by atoms with van der Waals surface area (Å²) >= 11 is 0. The van der Waals surface area contributed by atoms with Crippen LogP contribution < -0.4 is 5.73 Å². The van der Waals surface area contributed by atoms with Gasteiger partial charge in [-0.1, -0.05) is 0 Å². The van der Waals surface area contributed by atoms with Crippen molar-refractivity contribution < 1.29 is 4.79 Å². The van der Waals surface area contributed by atoms with Crippen LogP contribution in [-0.4, -0.2) is 29.9 Å². The minimum Gasteiger partial charge on any atom is -0.384 e. The summed E-state index contributed by atoms with van der Waals surface area (Å²) in [6.07, 6.45) is 3.29. The maximum atomic E-state index is 10.3. The summed E-state index contributed by atoms with van der Waals surface area (Å²) in [5, 5.41) is 0. The number of amides is 1. The van der Waals surface area contributed by atoms with E-state index >= 15 is 0 Å². The molecule has 0 radical (unpaired) electrons. The van der Waals surface area contributed by atoms with Crippen LogP contribution >= 0.6 is 0 Å². The molecule has 0 saturated carbocycles. The quantitative estimate of drug-likeness (QED) is 0.676. The summed E-state index contributed by atoms with van der Waals surface area (Å²) in [4.78, 5) is 15.8. The lowest BCUT2D eigenvalue weighted by Crippen LogP contribution is -2.18. The van der Waals surface area contributed by atoms with Gasteiger partial charge in [0.25, 0.3) is 0 Å². The third kappa shape index (κ3) is 3.11. The summed E-state index contributed by atoms with van der Waals surface area (Å²) in [5.41, 5.74) is 6.60. The van der Waals surface area contributed by atoms with E-state index in [9.17, 15) is 4.79 Å². The van der Waals surface area contributed by atoms with Crippen molar-refractivity contribution in [1.29, 1.82) is 0 Å². The second-order valence-electron chi connectivity index (χ2n) is 2.92. The van der Waals surface area contributed by atoms with Crippen molar-refractivity contribution in [2.45, 2.75) is 6.42 Å². The lowest BCUT2D eigenvalue weighted by Gasteiger charge is -2.09. The standard InChI is InChI=1S/C9H13N3O/c1-12(7-13)5-3-8-2-4-11-9(10)6-8/h2,4,6-7H,3,5H2,1H3,(H2,10,11). The second-order valence-corrected chi connectivity index (χ2v) is 2.92. The van der Waals surface area contributed by atoms with Crippen LogP contribution in [0.2, 0.25) is 0 Å². The molecule has 0 aromatic carbocycles. The number of nitrogen functional groups attached to an aromatic ring is 1. The SMILES string of the molecule is CN(C=O)CCc1ccnc(N)c1. The Labute approximate surface area is 77.4 Å². The van der Waals surface area contributed by atoms with Gasteiger partial charge < -0.3 is 10.6 Å². The van der Waals surface area contributed by atoms with E-state index in [2.05, 4.69) is 4.98 Å². The van der Waals surface area contributed by atoms with Gasteiger partial charge in [0.2, 0.25) is 6.41 Å². The van der Waals surface area contributed by atoms with E-state index in [1.807, 2.05) is 12.1 Å². The van der Waals surface area contributed by atoms with Crippen molar-refractivity contribution in [1.82, 2.24) is 9.88 Å². The number of carbonyl (C=O) groups is 1. The zero-order valence-electron chi connectivity index (χ0n) is 7.60. The van der Waals surface area contributed by atoms with Gasteiger partial charge >= 0.3 is 0 Å². The molecule has 1 aromatic rings. The molecule has 70 valence electrons. The zero-order valence-corrected chi connectivity index (χ0v) is 7.60. The molecule has 1 rings (SSSR count). The van der Waals surface area contributed by atoms with Gasteiger partial charge in [-0.25, -0.2) is 4.98 Å². The van der Waals surface area contributed by atoms with E-state index in [0.29, 0.717) is 12.4 Å². The van der Waals surface area contributed by atoms with Crippen LogP contribution in [0.3, 0.4) is 0 Å². The molecule has 1 aromatic heterocycles. The summed E-state index contributed by atoms with van der Waals surface area (Å²) in [6.45, 7) is 0.701. The van der Waals surface area contributed by atoms with E-state index in [0.717, 1.165) is 18.4 Å². The maximum absolute atomic E-state index is 10.3. The molecule has 13 heavy (non-hydrogen) atoms. The normalized spacial score (nSPS) is 9.62. The first-order valence-corrected chi connectivity index (χ1v) is 4.08. The monoisotopic (exact) mass is 179 g/mol. The van der Waals surface area contributed by atoms with Crippen LogP contribution in [0.4, 0.5) is 5.82 Å². The van der Waals surface area contributed by atoms with Crippen molar-refractivity contribution in [3.63, 3.8) is 0 Å². The second kappa shape index (κ2) is 4.45. The lowest BCUT2D eigenvalue weighted by atomic mass is 10.2. The van der Waals surface area contributed by atoms with Gasteiger partial charge in [-0.05, 0) is 24.1 Å². The number of nitrogens with zero attached hydrogens (tertiary/aromatic N) is 2. The van der Waals surface area contributed by atoms with E-state index in [1.165, 1.54) is 0 Å². The van der Waals surface area contributed by atoms with Gasteiger partial charge in [-0.3, -0.25) is 4.79 Å². The molecule has 4 heteroatoms. The average Bonchev–Trinajstić information content (AvgIpc) is 2.14. The third-order valence-electron chi connectivity index (χ3n) is 1.78. The highest BCUT2D eigenvalue weighted by atomic mass is 16.1. The molecule has 0 bridgehead atoms. The number of anilines is 1. The molecule has 0 saturated heterocycles. The highest BCUT2D eigenvalue weighted by Crippen LogP contribution is 2.03. The molecule has 0 spiro atoms. The number of hydrogen-bond donors (Lipinski definition) is 1. The summed E-state index contributed by atoms with van der Waals surface area (Å²) in [5.74, 6) is 0.520. The van der Waals surface area contributed by atoms with Crippen molar-refractivity contribution in [3.05, 3.63) is 23.9 Å². The Hall–Kier alpha value is -1.58. The minimum absolute atomic E-state index is 0.520. The predicted molar refractivity (Wildman–Crippen MR) is 51.0 cm³/mol. The third-order valence-corrected chi connectivity index (χ3v) is 1.78. The number of likely N-dealkylation sites (N-methyl/N-ethyl adjacent to an activating group) is 1. The number of carbonyl (C=O) groups excluding carboxylic acids is 1. The molecule has 1 heterocycles. The Morgan fingerprint density at radius 1 is 1.69 bits per heavy atom. The average molecular weight is 179 g/mol. The summed E-state index contributed by atoms with van der Waals surface area (Å²) in [7, 11) is 1.75. The first kappa shape index (κ1) is 9.51. The van der Waals surface area contributed by atoms with Crippen LogP contribution in [0.1, 0.15) is 5.56 Å². The van der Waals surface area contributed by atoms with Crippen molar-refractivity contribution in [3.8, 4) is 0 Å². The molecule has 0 aliphatic rings. The fourth-order valence-corrected chi connectivity index (χ4v) is 1.01. The van der Waals surface area contributed by atoms with Crippen LogP contribution in [-0.2, 0) is 11.2 Å². The fourth-order valence-electron chi connectivity index (χ4n) is 1.01. The van der Waals surface area contributed by atoms with Gasteiger partial charge in [-0.2, -0.15) is 0 Å². The number of pyridine rings is 1. The van der Waals surface area contributed by atoms with E-state index < -0.39 is 0 Å². The molecular formula is C9H13N3O. The number of hydrogen-bond acceptors (Lipinski definition) is 3. The minimum atomic E-state index is 0.520. The van der Waals surface area contributed by atoms with Gasteiger partial charge in [0.15, 0.2) is 0 Å². The van der Waals surface area contributed by atoms with E-state index in [1.54, 1.807) is 18.1 Å². The summed E-state index contributed by atoms with van der Waals surface area (Å²) in [6, 6.07) is 3.72. The summed E-state index contributed by atoms with van der Waals surface area (Å²) < 4.78 is 0. The lowest BCUT2D eigenvalue weighted by molar-refractivity contribution is -0.116. The molecule has 4 nitrogen and oxygen atoms in total. The predicted octanol–water partition coefficient (Wildman–Crippen LogP) is 0.294. The Bertz CT molecular complexity index is 288. The topological polar surface area (TPSA) is 59.2 Å². The first-order valence-electron chi connectivity index (χ1n) is 4.08. The number of nitrogens with two attached hydrogens (primary N) is 1. The van der Waals surface area contributed by atoms with Crippen LogP contribution in [0, 0.1) is 0 Å². The Morgan fingerprint density at radius 3 is 3.08 bits per heavy atom. The molecule has 1 amide bonds.